The molecule has 136 valence electrons. The van der Waals surface area contributed by atoms with Crippen molar-refractivity contribution in [2.45, 2.75) is 26.7 Å². The third kappa shape index (κ3) is 2.74. The van der Waals surface area contributed by atoms with Crippen LogP contribution in [0.4, 0.5) is 0 Å². The Morgan fingerprint density at radius 2 is 2.07 bits per heavy atom. The van der Waals surface area contributed by atoms with Crippen molar-refractivity contribution in [2.75, 3.05) is 0 Å². The van der Waals surface area contributed by atoms with Crippen LogP contribution < -0.4 is 0 Å². The van der Waals surface area contributed by atoms with E-state index in [0.29, 0.717) is 5.92 Å². The van der Waals surface area contributed by atoms with E-state index in [1.807, 2.05) is 17.9 Å². The van der Waals surface area contributed by atoms with Gasteiger partial charge in [-0.05, 0) is 54.2 Å². The van der Waals surface area contributed by atoms with Crippen LogP contribution in [-0.2, 0) is 13.5 Å². The van der Waals surface area contributed by atoms with E-state index in [0.717, 1.165) is 18.4 Å². The lowest BCUT2D eigenvalue weighted by Crippen LogP contribution is -2.01. The summed E-state index contributed by atoms with van der Waals surface area (Å²) in [5.74, 6) is 0.623. The highest BCUT2D eigenvalue weighted by Crippen LogP contribution is 2.36. The molecule has 1 unspecified atom stereocenters. The number of rotatable bonds is 2. The Morgan fingerprint density at radius 3 is 2.93 bits per heavy atom. The molecular weight excluding hydrogens is 330 g/mol. The topological polar surface area (TPSA) is 30.7 Å². The lowest BCUT2D eigenvalue weighted by atomic mass is 9.88. The Hall–Kier alpha value is -2.94. The molecule has 0 radical (unpaired) electrons. The zero-order valence-electron chi connectivity index (χ0n) is 16.0. The first-order valence-electron chi connectivity index (χ1n) is 9.60. The zero-order valence-corrected chi connectivity index (χ0v) is 16.0. The second kappa shape index (κ2) is 6.05. The van der Waals surface area contributed by atoms with Crippen LogP contribution >= 0.6 is 0 Å². The quantitative estimate of drug-likeness (QED) is 0.601. The Balaban J connectivity index is 0.00000192. The summed E-state index contributed by atoms with van der Waals surface area (Å²) in [5, 5.41) is 5.66. The summed E-state index contributed by atoms with van der Waals surface area (Å²) < 4.78 is 1.87. The highest BCUT2D eigenvalue weighted by atomic mass is 15.2. The lowest BCUT2D eigenvalue weighted by Gasteiger charge is -2.18. The summed E-state index contributed by atoms with van der Waals surface area (Å²) in [6.45, 7) is 4.52. The van der Waals surface area contributed by atoms with Gasteiger partial charge in [0, 0.05) is 43.8 Å². The van der Waals surface area contributed by atoms with Gasteiger partial charge in [-0.1, -0.05) is 36.8 Å². The highest BCUT2D eigenvalue weighted by Gasteiger charge is 2.20. The molecule has 0 saturated carbocycles. The van der Waals surface area contributed by atoms with Crippen molar-refractivity contribution >= 4 is 22.0 Å². The molecule has 3 aromatic rings. The van der Waals surface area contributed by atoms with Gasteiger partial charge in [-0.25, -0.2) is 0 Å². The van der Waals surface area contributed by atoms with Crippen LogP contribution in [0, 0.1) is 5.92 Å². The molecule has 3 heteroatoms. The first kappa shape index (κ1) is 16.2. The molecule has 0 fully saturated rings. The molecule has 0 amide bonds. The standard InChI is InChI=1S/C24H23N3.H2/c1-15-4-6-20(16(2)10-15)18-12-22-21(7-9-24(22)25-13-18)17-5-8-23-19(11-17)14-27(3)26-23;/h4-8,11-15H,9-10H2,1-3H3;1H. The first-order valence-corrected chi connectivity index (χ1v) is 9.60. The van der Waals surface area contributed by atoms with Gasteiger partial charge in [0.15, 0.2) is 0 Å². The maximum absolute atomic E-state index is 4.79. The van der Waals surface area contributed by atoms with Crippen molar-refractivity contribution in [3.05, 3.63) is 82.8 Å². The van der Waals surface area contributed by atoms with E-state index in [1.165, 1.54) is 44.5 Å². The molecule has 0 aliphatic heterocycles. The molecular formula is C24H25N3. The van der Waals surface area contributed by atoms with Gasteiger partial charge in [-0.2, -0.15) is 5.10 Å². The van der Waals surface area contributed by atoms with E-state index in [4.69, 9.17) is 4.98 Å². The van der Waals surface area contributed by atoms with E-state index >= 15 is 0 Å². The Bertz CT molecular complexity index is 1160. The summed E-state index contributed by atoms with van der Waals surface area (Å²) >= 11 is 0. The second-order valence-corrected chi connectivity index (χ2v) is 7.85. The van der Waals surface area contributed by atoms with Crippen LogP contribution in [0.1, 0.15) is 44.1 Å². The number of fused-ring (bicyclic) bond motifs is 2. The maximum atomic E-state index is 4.79. The predicted molar refractivity (Wildman–Crippen MR) is 113 cm³/mol. The largest absolute Gasteiger partial charge is 0.275 e. The smallest absolute Gasteiger partial charge is 0.0923 e. The summed E-state index contributed by atoms with van der Waals surface area (Å²) in [6.07, 6.45) is 13.0. The lowest BCUT2D eigenvalue weighted by molar-refractivity contribution is 0.710. The van der Waals surface area contributed by atoms with Crippen LogP contribution in [0.15, 0.2) is 60.5 Å². The summed E-state index contributed by atoms with van der Waals surface area (Å²) in [7, 11) is 1.97. The number of pyridine rings is 1. The molecule has 0 saturated heterocycles. The van der Waals surface area contributed by atoms with Crippen LogP contribution in [0.2, 0.25) is 0 Å². The third-order valence-corrected chi connectivity index (χ3v) is 5.68. The molecule has 2 aliphatic rings. The van der Waals surface area contributed by atoms with Gasteiger partial charge in [-0.15, -0.1) is 0 Å². The number of hydrogen-bond acceptors (Lipinski definition) is 2. The Labute approximate surface area is 161 Å². The Morgan fingerprint density at radius 1 is 1.19 bits per heavy atom. The van der Waals surface area contributed by atoms with Gasteiger partial charge in [-0.3, -0.25) is 9.67 Å². The van der Waals surface area contributed by atoms with E-state index in [-0.39, 0.29) is 1.43 Å². The molecule has 2 aromatic heterocycles. The predicted octanol–water partition coefficient (Wildman–Crippen LogP) is 5.57. The van der Waals surface area contributed by atoms with E-state index in [1.54, 1.807) is 0 Å². The maximum Gasteiger partial charge on any atom is 0.0923 e. The van der Waals surface area contributed by atoms with E-state index in [2.05, 4.69) is 67.6 Å². The molecule has 1 atom stereocenters. The van der Waals surface area contributed by atoms with E-state index < -0.39 is 0 Å². The molecule has 2 heterocycles. The molecule has 0 N–H and O–H groups in total. The van der Waals surface area contributed by atoms with Gasteiger partial charge in [0.05, 0.1) is 11.2 Å². The Kier molecular flexibility index (Phi) is 3.64. The van der Waals surface area contributed by atoms with Crippen molar-refractivity contribution < 1.29 is 1.43 Å². The number of aromatic nitrogens is 3. The van der Waals surface area contributed by atoms with Gasteiger partial charge in [0.1, 0.15) is 0 Å². The minimum Gasteiger partial charge on any atom is -0.275 e. The molecule has 3 nitrogen and oxygen atoms in total. The van der Waals surface area contributed by atoms with Crippen molar-refractivity contribution in [1.82, 2.24) is 14.8 Å². The SMILES string of the molecule is CC1=C(c2cnc3c(c2)C(c2ccc4nn(C)cc4c2)=CC3)C=CC(C)C1.[HH]. The molecule has 0 spiro atoms. The van der Waals surface area contributed by atoms with Crippen LogP contribution in [0.3, 0.4) is 0 Å². The van der Waals surface area contributed by atoms with Crippen molar-refractivity contribution in [1.29, 1.82) is 0 Å². The molecule has 2 aliphatic carbocycles. The molecule has 5 rings (SSSR count). The third-order valence-electron chi connectivity index (χ3n) is 5.68. The van der Waals surface area contributed by atoms with Gasteiger partial charge < -0.3 is 0 Å². The second-order valence-electron chi connectivity index (χ2n) is 7.85. The van der Waals surface area contributed by atoms with Gasteiger partial charge in [0.25, 0.3) is 0 Å². The van der Waals surface area contributed by atoms with Crippen LogP contribution in [0.25, 0.3) is 22.0 Å². The van der Waals surface area contributed by atoms with Crippen molar-refractivity contribution in [3.8, 4) is 0 Å². The highest BCUT2D eigenvalue weighted by molar-refractivity contribution is 5.91. The fourth-order valence-corrected chi connectivity index (χ4v) is 4.34. The molecule has 27 heavy (non-hydrogen) atoms. The van der Waals surface area contributed by atoms with Crippen molar-refractivity contribution in [3.63, 3.8) is 0 Å². The first-order chi connectivity index (χ1) is 13.1. The number of hydrogen-bond donors (Lipinski definition) is 0. The fraction of sp³-hybridized carbons (Fsp3) is 0.250. The molecule has 0 bridgehead atoms. The van der Waals surface area contributed by atoms with Crippen LogP contribution in [-0.4, -0.2) is 14.8 Å². The molecule has 1 aromatic carbocycles. The van der Waals surface area contributed by atoms with E-state index in [9.17, 15) is 0 Å². The minimum absolute atomic E-state index is 0. The summed E-state index contributed by atoms with van der Waals surface area (Å²) in [5.41, 5.74) is 10.0. The van der Waals surface area contributed by atoms with Crippen molar-refractivity contribution in [2.24, 2.45) is 13.0 Å². The number of allylic oxidation sites excluding steroid dienone is 5. The number of benzene rings is 1. The monoisotopic (exact) mass is 355 g/mol. The van der Waals surface area contributed by atoms with Crippen LogP contribution in [0.5, 0.6) is 0 Å². The zero-order chi connectivity index (χ0) is 18.5. The number of aryl methyl sites for hydroxylation is 1. The van der Waals surface area contributed by atoms with Gasteiger partial charge in [0.2, 0.25) is 0 Å². The minimum atomic E-state index is 0. The average Bonchev–Trinajstić information content (AvgIpc) is 3.22. The fourth-order valence-electron chi connectivity index (χ4n) is 4.34. The summed E-state index contributed by atoms with van der Waals surface area (Å²) in [6, 6.07) is 8.85. The van der Waals surface area contributed by atoms with Gasteiger partial charge >= 0.3 is 0 Å². The average molecular weight is 355 g/mol. The summed E-state index contributed by atoms with van der Waals surface area (Å²) in [4.78, 5) is 4.79. The normalized spacial score (nSPS) is 18.9. The number of nitrogens with zero attached hydrogens (tertiary/aromatic N) is 3.